The van der Waals surface area contributed by atoms with Crippen LogP contribution in [0.15, 0.2) is 17.0 Å². The van der Waals surface area contributed by atoms with Crippen LogP contribution in [-0.2, 0) is 21.2 Å². The summed E-state index contributed by atoms with van der Waals surface area (Å²) in [6.07, 6.45) is 0.0332. The smallest absolute Gasteiger partial charge is 0.266 e. The molecule has 0 saturated heterocycles. The standard InChI is InChI=1S/C11H13NO5S/c1-12-11(13)5-7-4-8(16-2)9(17-3)6-10(7)18(12,14)15/h4,6H,5H2,1-3H3. The summed E-state index contributed by atoms with van der Waals surface area (Å²) in [5.74, 6) is 0.265. The van der Waals surface area contributed by atoms with Gasteiger partial charge < -0.3 is 9.47 Å². The van der Waals surface area contributed by atoms with Crippen molar-refractivity contribution in [1.82, 2.24) is 4.31 Å². The highest BCUT2D eigenvalue weighted by molar-refractivity contribution is 7.89. The van der Waals surface area contributed by atoms with Crippen LogP contribution < -0.4 is 9.47 Å². The molecule has 98 valence electrons. The number of likely N-dealkylation sites (N-methyl/N-ethyl adjacent to an activating group) is 1. The Morgan fingerprint density at radius 3 is 2.28 bits per heavy atom. The number of sulfonamides is 1. The summed E-state index contributed by atoms with van der Waals surface area (Å²) in [7, 11) is 0.347. The van der Waals surface area contributed by atoms with Crippen molar-refractivity contribution in [2.75, 3.05) is 21.3 Å². The van der Waals surface area contributed by atoms with Gasteiger partial charge >= 0.3 is 0 Å². The second-order valence-electron chi connectivity index (χ2n) is 3.86. The van der Waals surface area contributed by atoms with E-state index in [9.17, 15) is 13.2 Å². The van der Waals surface area contributed by atoms with Crippen LogP contribution in [0.3, 0.4) is 0 Å². The van der Waals surface area contributed by atoms with E-state index < -0.39 is 15.9 Å². The van der Waals surface area contributed by atoms with E-state index in [1.165, 1.54) is 33.4 Å². The number of hydrogen-bond donors (Lipinski definition) is 0. The number of carbonyl (C=O) groups excluding carboxylic acids is 1. The minimum atomic E-state index is -3.78. The number of benzene rings is 1. The van der Waals surface area contributed by atoms with Gasteiger partial charge in [-0.25, -0.2) is 12.7 Å². The molecule has 1 heterocycles. The van der Waals surface area contributed by atoms with Crippen molar-refractivity contribution in [3.05, 3.63) is 17.7 Å². The number of fused-ring (bicyclic) bond motifs is 1. The second kappa shape index (κ2) is 4.16. The van der Waals surface area contributed by atoms with E-state index >= 15 is 0 Å². The van der Waals surface area contributed by atoms with Crippen molar-refractivity contribution < 1.29 is 22.7 Å². The Balaban J connectivity index is 2.71. The number of rotatable bonds is 2. The van der Waals surface area contributed by atoms with Crippen molar-refractivity contribution in [3.63, 3.8) is 0 Å². The topological polar surface area (TPSA) is 72.9 Å². The Hall–Kier alpha value is -1.76. The predicted octanol–water partition coefficient (Wildman–Crippen LogP) is 0.407. The highest BCUT2D eigenvalue weighted by Gasteiger charge is 2.35. The molecule has 18 heavy (non-hydrogen) atoms. The summed E-state index contributed by atoms with van der Waals surface area (Å²) in [5.41, 5.74) is 0.427. The number of hydrogen-bond acceptors (Lipinski definition) is 5. The van der Waals surface area contributed by atoms with Gasteiger partial charge in [-0.1, -0.05) is 0 Å². The zero-order valence-electron chi connectivity index (χ0n) is 10.3. The molecule has 0 bridgehead atoms. The molecule has 2 rings (SSSR count). The van der Waals surface area contributed by atoms with Crippen LogP contribution in [0.25, 0.3) is 0 Å². The SMILES string of the molecule is COc1cc2c(cc1OC)S(=O)(=O)N(C)C(=O)C2. The van der Waals surface area contributed by atoms with Crippen molar-refractivity contribution >= 4 is 15.9 Å². The lowest BCUT2D eigenvalue weighted by Crippen LogP contribution is -2.38. The minimum Gasteiger partial charge on any atom is -0.493 e. The molecule has 1 aliphatic rings. The van der Waals surface area contributed by atoms with Crippen LogP contribution in [0, 0.1) is 0 Å². The average molecular weight is 271 g/mol. The maximum absolute atomic E-state index is 12.1. The van der Waals surface area contributed by atoms with E-state index in [2.05, 4.69) is 0 Å². The Bertz CT molecular complexity index is 608. The quantitative estimate of drug-likeness (QED) is 0.779. The molecule has 1 aliphatic heterocycles. The van der Waals surface area contributed by atoms with Crippen LogP contribution >= 0.6 is 0 Å². The zero-order valence-corrected chi connectivity index (χ0v) is 11.1. The summed E-state index contributed by atoms with van der Waals surface area (Å²) in [5, 5.41) is 0. The molecule has 0 radical (unpaired) electrons. The van der Waals surface area contributed by atoms with Crippen LogP contribution in [0.5, 0.6) is 11.5 Å². The Morgan fingerprint density at radius 1 is 1.17 bits per heavy atom. The van der Waals surface area contributed by atoms with E-state index in [4.69, 9.17) is 9.47 Å². The predicted molar refractivity (Wildman–Crippen MR) is 63.2 cm³/mol. The van der Waals surface area contributed by atoms with Crippen molar-refractivity contribution in [1.29, 1.82) is 0 Å². The molecule has 1 aromatic carbocycles. The van der Waals surface area contributed by atoms with E-state index in [-0.39, 0.29) is 11.3 Å². The molecule has 0 spiro atoms. The van der Waals surface area contributed by atoms with Gasteiger partial charge in [0.15, 0.2) is 11.5 Å². The molecule has 0 unspecified atom stereocenters. The molecule has 1 aromatic rings. The molecule has 0 saturated carbocycles. The lowest BCUT2D eigenvalue weighted by molar-refractivity contribution is -0.125. The molecule has 0 atom stereocenters. The molecule has 1 amide bonds. The molecular formula is C11H13NO5S. The lowest BCUT2D eigenvalue weighted by Gasteiger charge is -2.25. The minimum absolute atomic E-state index is 0.0332. The van der Waals surface area contributed by atoms with Crippen LogP contribution in [0.4, 0.5) is 0 Å². The molecule has 6 nitrogen and oxygen atoms in total. The molecule has 0 aromatic heterocycles. The van der Waals surface area contributed by atoms with Crippen molar-refractivity contribution in [3.8, 4) is 11.5 Å². The highest BCUT2D eigenvalue weighted by atomic mass is 32.2. The van der Waals surface area contributed by atoms with Crippen molar-refractivity contribution in [2.24, 2.45) is 0 Å². The van der Waals surface area contributed by atoms with E-state index in [1.807, 2.05) is 0 Å². The summed E-state index contributed by atoms with van der Waals surface area (Å²) in [6.45, 7) is 0. The van der Waals surface area contributed by atoms with Gasteiger partial charge in [-0.15, -0.1) is 0 Å². The fraction of sp³-hybridized carbons (Fsp3) is 0.364. The summed E-state index contributed by atoms with van der Waals surface area (Å²) < 4.78 is 35.1. The summed E-state index contributed by atoms with van der Waals surface area (Å²) >= 11 is 0. The monoisotopic (exact) mass is 271 g/mol. The van der Waals surface area contributed by atoms with Gasteiger partial charge in [0, 0.05) is 13.1 Å². The lowest BCUT2D eigenvalue weighted by atomic mass is 10.1. The van der Waals surface area contributed by atoms with Gasteiger partial charge in [-0.3, -0.25) is 4.79 Å². The first kappa shape index (κ1) is 12.7. The maximum atomic E-state index is 12.1. The fourth-order valence-electron chi connectivity index (χ4n) is 1.84. The highest BCUT2D eigenvalue weighted by Crippen LogP contribution is 2.36. The van der Waals surface area contributed by atoms with Gasteiger partial charge in [0.2, 0.25) is 5.91 Å². The van der Waals surface area contributed by atoms with Crippen LogP contribution in [0.1, 0.15) is 5.56 Å². The second-order valence-corrected chi connectivity index (χ2v) is 5.80. The molecular weight excluding hydrogens is 258 g/mol. The summed E-state index contributed by atoms with van der Waals surface area (Å²) in [4.78, 5) is 11.7. The Kier molecular flexibility index (Phi) is 2.94. The van der Waals surface area contributed by atoms with Gasteiger partial charge in [-0.05, 0) is 11.6 Å². The normalized spacial score (nSPS) is 17.3. The third-order valence-corrected chi connectivity index (χ3v) is 4.76. The average Bonchev–Trinajstić information content (AvgIpc) is 2.35. The number of carbonyl (C=O) groups is 1. The number of nitrogens with zero attached hydrogens (tertiary/aromatic N) is 1. The van der Waals surface area contributed by atoms with E-state index in [0.29, 0.717) is 17.1 Å². The van der Waals surface area contributed by atoms with Crippen LogP contribution in [-0.4, -0.2) is 39.9 Å². The van der Waals surface area contributed by atoms with Gasteiger partial charge in [0.05, 0.1) is 25.5 Å². The van der Waals surface area contributed by atoms with Crippen molar-refractivity contribution in [2.45, 2.75) is 11.3 Å². The number of methoxy groups -OCH3 is 2. The Morgan fingerprint density at radius 2 is 1.72 bits per heavy atom. The van der Waals surface area contributed by atoms with Gasteiger partial charge in [-0.2, -0.15) is 0 Å². The number of ether oxygens (including phenoxy) is 2. The first-order valence-corrected chi connectivity index (χ1v) is 6.62. The largest absolute Gasteiger partial charge is 0.493 e. The van der Waals surface area contributed by atoms with Gasteiger partial charge in [0.1, 0.15) is 0 Å². The number of amides is 1. The first-order chi connectivity index (χ1) is 8.41. The molecule has 0 fully saturated rings. The third-order valence-electron chi connectivity index (χ3n) is 2.90. The van der Waals surface area contributed by atoms with E-state index in [1.54, 1.807) is 0 Å². The Labute approximate surface area is 105 Å². The zero-order chi connectivity index (χ0) is 13.5. The third kappa shape index (κ3) is 1.71. The first-order valence-electron chi connectivity index (χ1n) is 5.18. The van der Waals surface area contributed by atoms with E-state index in [0.717, 1.165) is 4.31 Å². The molecule has 7 heteroatoms. The maximum Gasteiger partial charge on any atom is 0.266 e. The summed E-state index contributed by atoms with van der Waals surface area (Å²) in [6, 6.07) is 2.91. The fourth-order valence-corrected chi connectivity index (χ4v) is 3.18. The molecule has 0 N–H and O–H groups in total. The molecule has 0 aliphatic carbocycles. The van der Waals surface area contributed by atoms with Gasteiger partial charge in [0.25, 0.3) is 10.0 Å². The van der Waals surface area contributed by atoms with Crippen LogP contribution in [0.2, 0.25) is 0 Å².